The van der Waals surface area contributed by atoms with Crippen molar-refractivity contribution in [1.29, 1.82) is 0 Å². The average Bonchev–Trinajstić information content (AvgIpc) is 2.84. The van der Waals surface area contributed by atoms with Gasteiger partial charge in [-0.05, 0) is 19.1 Å². The number of hydrogen-bond acceptors (Lipinski definition) is 4. The van der Waals surface area contributed by atoms with Crippen molar-refractivity contribution in [1.82, 2.24) is 14.8 Å². The standard InChI is InChI=1S/C12H13N3O2S/c1-2-15-7-9(6-14-15)8-18-11-10(12(16)17)4-3-5-13-11/h3-7H,2,8H2,1H3,(H,16,17). The highest BCUT2D eigenvalue weighted by atomic mass is 32.2. The summed E-state index contributed by atoms with van der Waals surface area (Å²) in [6.45, 7) is 2.85. The van der Waals surface area contributed by atoms with Crippen LogP contribution in [0.15, 0.2) is 35.7 Å². The summed E-state index contributed by atoms with van der Waals surface area (Å²) in [6, 6.07) is 3.19. The quantitative estimate of drug-likeness (QED) is 0.838. The topological polar surface area (TPSA) is 68.0 Å². The summed E-state index contributed by atoms with van der Waals surface area (Å²) in [5.74, 6) is -0.285. The van der Waals surface area contributed by atoms with Gasteiger partial charge in [-0.25, -0.2) is 9.78 Å². The molecule has 2 aromatic heterocycles. The van der Waals surface area contributed by atoms with Crippen molar-refractivity contribution in [3.8, 4) is 0 Å². The summed E-state index contributed by atoms with van der Waals surface area (Å²) >= 11 is 1.41. The highest BCUT2D eigenvalue weighted by Gasteiger charge is 2.11. The van der Waals surface area contributed by atoms with Gasteiger partial charge in [0, 0.05) is 30.3 Å². The van der Waals surface area contributed by atoms with Gasteiger partial charge in [-0.2, -0.15) is 5.10 Å². The summed E-state index contributed by atoms with van der Waals surface area (Å²) in [6.07, 6.45) is 5.35. The van der Waals surface area contributed by atoms with Crippen LogP contribution in [0.25, 0.3) is 0 Å². The lowest BCUT2D eigenvalue weighted by Gasteiger charge is -2.02. The number of thioether (sulfide) groups is 1. The number of nitrogens with zero attached hydrogens (tertiary/aromatic N) is 3. The Morgan fingerprint density at radius 1 is 1.56 bits per heavy atom. The van der Waals surface area contributed by atoms with E-state index >= 15 is 0 Å². The number of rotatable bonds is 5. The van der Waals surface area contributed by atoms with Crippen LogP contribution in [-0.2, 0) is 12.3 Å². The molecule has 0 spiro atoms. The summed E-state index contributed by atoms with van der Waals surface area (Å²) in [7, 11) is 0. The Balaban J connectivity index is 2.08. The molecular weight excluding hydrogens is 250 g/mol. The zero-order valence-electron chi connectivity index (χ0n) is 9.91. The van der Waals surface area contributed by atoms with Gasteiger partial charge in [0.2, 0.25) is 0 Å². The fourth-order valence-corrected chi connectivity index (χ4v) is 2.37. The molecule has 0 saturated heterocycles. The van der Waals surface area contributed by atoms with Gasteiger partial charge in [0.25, 0.3) is 0 Å². The van der Waals surface area contributed by atoms with Crippen molar-refractivity contribution < 1.29 is 9.90 Å². The van der Waals surface area contributed by atoms with Crippen molar-refractivity contribution in [2.75, 3.05) is 0 Å². The highest BCUT2D eigenvalue weighted by Crippen LogP contribution is 2.23. The van der Waals surface area contributed by atoms with Crippen LogP contribution in [0.5, 0.6) is 0 Å². The van der Waals surface area contributed by atoms with Crippen molar-refractivity contribution in [2.24, 2.45) is 0 Å². The van der Waals surface area contributed by atoms with Gasteiger partial charge in [-0.15, -0.1) is 11.8 Å². The Hall–Kier alpha value is -1.82. The van der Waals surface area contributed by atoms with E-state index in [0.29, 0.717) is 10.8 Å². The number of aryl methyl sites for hydroxylation is 1. The smallest absolute Gasteiger partial charge is 0.338 e. The van der Waals surface area contributed by atoms with E-state index in [1.54, 1.807) is 24.5 Å². The first kappa shape index (κ1) is 12.6. The molecule has 6 heteroatoms. The number of pyridine rings is 1. The molecule has 2 heterocycles. The molecular formula is C12H13N3O2S. The predicted molar refractivity (Wildman–Crippen MR) is 68.7 cm³/mol. The van der Waals surface area contributed by atoms with Gasteiger partial charge in [0.1, 0.15) is 5.03 Å². The van der Waals surface area contributed by atoms with E-state index in [1.807, 2.05) is 17.8 Å². The van der Waals surface area contributed by atoms with Gasteiger partial charge in [-0.3, -0.25) is 4.68 Å². The van der Waals surface area contributed by atoms with Crippen molar-refractivity contribution in [3.05, 3.63) is 41.9 Å². The van der Waals surface area contributed by atoms with Crippen molar-refractivity contribution in [2.45, 2.75) is 24.2 Å². The molecule has 94 valence electrons. The normalized spacial score (nSPS) is 10.5. The van der Waals surface area contributed by atoms with E-state index in [2.05, 4.69) is 10.1 Å². The predicted octanol–water partition coefficient (Wildman–Crippen LogP) is 2.29. The first-order valence-corrected chi connectivity index (χ1v) is 6.51. The average molecular weight is 263 g/mol. The second-order valence-corrected chi connectivity index (χ2v) is 4.62. The fourth-order valence-electron chi connectivity index (χ4n) is 1.47. The lowest BCUT2D eigenvalue weighted by molar-refractivity contribution is 0.0692. The Labute approximate surface area is 109 Å². The van der Waals surface area contributed by atoms with E-state index in [9.17, 15) is 4.79 Å². The van der Waals surface area contributed by atoms with Crippen LogP contribution < -0.4 is 0 Å². The minimum atomic E-state index is -0.949. The molecule has 2 rings (SSSR count). The molecule has 1 N–H and O–H groups in total. The zero-order valence-corrected chi connectivity index (χ0v) is 10.7. The van der Waals surface area contributed by atoms with E-state index in [1.165, 1.54) is 11.8 Å². The second kappa shape index (κ2) is 5.68. The van der Waals surface area contributed by atoms with Crippen LogP contribution in [0, 0.1) is 0 Å². The van der Waals surface area contributed by atoms with Crippen LogP contribution in [-0.4, -0.2) is 25.8 Å². The molecule has 0 aromatic carbocycles. The number of hydrogen-bond donors (Lipinski definition) is 1. The highest BCUT2D eigenvalue weighted by molar-refractivity contribution is 7.98. The third-order valence-corrected chi connectivity index (χ3v) is 3.46. The van der Waals surface area contributed by atoms with E-state index < -0.39 is 5.97 Å². The number of aromatic carboxylic acids is 1. The Morgan fingerprint density at radius 3 is 3.06 bits per heavy atom. The third-order valence-electron chi connectivity index (χ3n) is 2.39. The minimum Gasteiger partial charge on any atom is -0.478 e. The Kier molecular flexibility index (Phi) is 3.99. The molecule has 0 saturated carbocycles. The number of carboxylic acids is 1. The number of carboxylic acid groups (broad SMARTS) is 1. The molecule has 0 fully saturated rings. The minimum absolute atomic E-state index is 0.241. The van der Waals surface area contributed by atoms with Crippen LogP contribution in [0.1, 0.15) is 22.8 Å². The molecule has 18 heavy (non-hydrogen) atoms. The van der Waals surface area contributed by atoms with Gasteiger partial charge in [0.15, 0.2) is 0 Å². The lowest BCUT2D eigenvalue weighted by atomic mass is 10.3. The Bertz CT molecular complexity index is 554. The van der Waals surface area contributed by atoms with Gasteiger partial charge >= 0.3 is 5.97 Å². The van der Waals surface area contributed by atoms with E-state index in [4.69, 9.17) is 5.11 Å². The molecule has 0 aliphatic carbocycles. The molecule has 0 bridgehead atoms. The maximum absolute atomic E-state index is 11.0. The molecule has 0 radical (unpaired) electrons. The Morgan fingerprint density at radius 2 is 2.39 bits per heavy atom. The molecule has 0 unspecified atom stereocenters. The van der Waals surface area contributed by atoms with Crippen LogP contribution in [0.2, 0.25) is 0 Å². The lowest BCUT2D eigenvalue weighted by Crippen LogP contribution is -2.00. The monoisotopic (exact) mass is 263 g/mol. The van der Waals surface area contributed by atoms with E-state index in [-0.39, 0.29) is 5.56 Å². The second-order valence-electron chi connectivity index (χ2n) is 3.65. The summed E-state index contributed by atoms with van der Waals surface area (Å²) < 4.78 is 1.84. The molecule has 0 atom stereocenters. The van der Waals surface area contributed by atoms with Crippen LogP contribution in [0.3, 0.4) is 0 Å². The van der Waals surface area contributed by atoms with Crippen molar-refractivity contribution in [3.63, 3.8) is 0 Å². The molecule has 2 aromatic rings. The van der Waals surface area contributed by atoms with Crippen LogP contribution >= 0.6 is 11.8 Å². The third kappa shape index (κ3) is 2.89. The number of aromatic nitrogens is 3. The maximum Gasteiger partial charge on any atom is 0.338 e. The molecule has 0 amide bonds. The summed E-state index contributed by atoms with van der Waals surface area (Å²) in [4.78, 5) is 15.1. The molecule has 0 aliphatic rings. The first-order valence-electron chi connectivity index (χ1n) is 5.53. The van der Waals surface area contributed by atoms with Gasteiger partial charge < -0.3 is 5.11 Å². The SMILES string of the molecule is CCn1cc(CSc2ncccc2C(=O)O)cn1. The largest absolute Gasteiger partial charge is 0.478 e. The first-order chi connectivity index (χ1) is 8.70. The molecule has 5 nitrogen and oxygen atoms in total. The fraction of sp³-hybridized carbons (Fsp3) is 0.250. The zero-order chi connectivity index (χ0) is 13.0. The number of carbonyl (C=O) groups is 1. The summed E-state index contributed by atoms with van der Waals surface area (Å²) in [5.41, 5.74) is 1.30. The van der Waals surface area contributed by atoms with Crippen molar-refractivity contribution >= 4 is 17.7 Å². The maximum atomic E-state index is 11.0. The van der Waals surface area contributed by atoms with E-state index in [0.717, 1.165) is 12.1 Å². The molecule has 0 aliphatic heterocycles. The van der Waals surface area contributed by atoms with Crippen LogP contribution in [0.4, 0.5) is 0 Å². The van der Waals surface area contributed by atoms with Gasteiger partial charge in [-0.1, -0.05) is 0 Å². The summed E-state index contributed by atoms with van der Waals surface area (Å²) in [5, 5.41) is 13.7. The van der Waals surface area contributed by atoms with Gasteiger partial charge in [0.05, 0.1) is 11.8 Å².